The number of phenolic OH excluding ortho intramolecular Hbond substituents is 2. The monoisotopic (exact) mass is 299 g/mol. The first-order valence-electron chi connectivity index (χ1n) is 7.70. The molecule has 0 radical (unpaired) electrons. The Morgan fingerprint density at radius 1 is 1.00 bits per heavy atom. The lowest BCUT2D eigenvalue weighted by Gasteiger charge is -2.12. The van der Waals surface area contributed by atoms with E-state index < -0.39 is 0 Å². The van der Waals surface area contributed by atoms with Gasteiger partial charge in [-0.3, -0.25) is 0 Å². The summed E-state index contributed by atoms with van der Waals surface area (Å²) in [5.41, 5.74) is 1.80. The third-order valence-electron chi connectivity index (χ3n) is 3.99. The first-order valence-corrected chi connectivity index (χ1v) is 7.70. The zero-order valence-electron chi connectivity index (χ0n) is 12.5. The molecule has 1 aliphatic heterocycles. The van der Waals surface area contributed by atoms with Crippen molar-refractivity contribution >= 4 is 0 Å². The van der Waals surface area contributed by atoms with Crippen LogP contribution in [0.15, 0.2) is 42.5 Å². The molecule has 4 nitrogen and oxygen atoms in total. The van der Waals surface area contributed by atoms with Gasteiger partial charge in [-0.05, 0) is 61.2 Å². The molecule has 116 valence electrons. The molecule has 22 heavy (non-hydrogen) atoms. The molecule has 2 aromatic carbocycles. The van der Waals surface area contributed by atoms with Gasteiger partial charge in [0.15, 0.2) is 0 Å². The zero-order valence-corrected chi connectivity index (χ0v) is 12.5. The maximum absolute atomic E-state index is 9.88. The molecule has 3 N–H and O–H groups in total. The molecule has 0 saturated carbocycles. The van der Waals surface area contributed by atoms with Crippen LogP contribution in [0.1, 0.15) is 19.3 Å². The first kappa shape index (κ1) is 14.7. The minimum absolute atomic E-state index is 0.180. The van der Waals surface area contributed by atoms with Gasteiger partial charge in [0, 0.05) is 12.1 Å². The zero-order chi connectivity index (χ0) is 15.4. The number of nitrogens with one attached hydrogen (secondary N) is 1. The van der Waals surface area contributed by atoms with E-state index in [9.17, 15) is 10.2 Å². The number of hydrogen-bond acceptors (Lipinski definition) is 4. The molecule has 1 fully saturated rings. The van der Waals surface area contributed by atoms with Crippen molar-refractivity contribution in [2.75, 3.05) is 13.2 Å². The van der Waals surface area contributed by atoms with Gasteiger partial charge in [0.1, 0.15) is 17.2 Å². The van der Waals surface area contributed by atoms with Crippen molar-refractivity contribution in [1.29, 1.82) is 0 Å². The van der Waals surface area contributed by atoms with Gasteiger partial charge in [-0.25, -0.2) is 0 Å². The SMILES string of the molecule is Oc1ccc(-c2cc(O)cc(OCCC3CCCN3)c2)cc1. The molecule has 0 aliphatic carbocycles. The van der Waals surface area contributed by atoms with Crippen LogP contribution in [0.3, 0.4) is 0 Å². The second kappa shape index (κ2) is 6.71. The fourth-order valence-electron chi connectivity index (χ4n) is 2.81. The van der Waals surface area contributed by atoms with Crippen molar-refractivity contribution in [3.63, 3.8) is 0 Å². The first-order chi connectivity index (χ1) is 10.7. The average molecular weight is 299 g/mol. The van der Waals surface area contributed by atoms with Gasteiger partial charge in [0.05, 0.1) is 6.61 Å². The molecular weight excluding hydrogens is 278 g/mol. The van der Waals surface area contributed by atoms with Gasteiger partial charge < -0.3 is 20.3 Å². The van der Waals surface area contributed by atoms with Gasteiger partial charge in [0.25, 0.3) is 0 Å². The Labute approximate surface area is 130 Å². The predicted octanol–water partition coefficient (Wildman–Crippen LogP) is 3.29. The van der Waals surface area contributed by atoms with Gasteiger partial charge >= 0.3 is 0 Å². The lowest BCUT2D eigenvalue weighted by molar-refractivity contribution is 0.291. The normalized spacial score (nSPS) is 17.5. The molecule has 1 aliphatic rings. The van der Waals surface area contributed by atoms with Gasteiger partial charge in [-0.1, -0.05) is 12.1 Å². The molecule has 3 rings (SSSR count). The van der Waals surface area contributed by atoms with Crippen LogP contribution in [0.5, 0.6) is 17.2 Å². The van der Waals surface area contributed by atoms with Crippen molar-refractivity contribution < 1.29 is 14.9 Å². The Kier molecular flexibility index (Phi) is 4.49. The summed E-state index contributed by atoms with van der Waals surface area (Å²) in [5, 5.41) is 22.7. The van der Waals surface area contributed by atoms with Crippen LogP contribution < -0.4 is 10.1 Å². The van der Waals surface area contributed by atoms with E-state index in [1.165, 1.54) is 12.8 Å². The Balaban J connectivity index is 1.67. The summed E-state index contributed by atoms with van der Waals surface area (Å²) in [7, 11) is 0. The molecule has 0 aromatic heterocycles. The topological polar surface area (TPSA) is 61.7 Å². The number of hydrogen-bond donors (Lipinski definition) is 3. The van der Waals surface area contributed by atoms with Crippen molar-refractivity contribution in [2.45, 2.75) is 25.3 Å². The molecule has 1 heterocycles. The minimum atomic E-state index is 0.180. The largest absolute Gasteiger partial charge is 0.508 e. The van der Waals surface area contributed by atoms with E-state index in [0.29, 0.717) is 18.4 Å². The quantitative estimate of drug-likeness (QED) is 0.793. The predicted molar refractivity (Wildman–Crippen MR) is 86.3 cm³/mol. The highest BCUT2D eigenvalue weighted by molar-refractivity contribution is 5.67. The Bertz CT molecular complexity index is 619. The summed E-state index contributed by atoms with van der Waals surface area (Å²) >= 11 is 0. The average Bonchev–Trinajstić information content (AvgIpc) is 3.01. The molecule has 1 unspecified atom stereocenters. The van der Waals surface area contributed by atoms with E-state index >= 15 is 0 Å². The Morgan fingerprint density at radius 2 is 1.82 bits per heavy atom. The molecule has 1 saturated heterocycles. The fraction of sp³-hybridized carbons (Fsp3) is 0.333. The summed E-state index contributed by atoms with van der Waals surface area (Å²) < 4.78 is 5.79. The van der Waals surface area contributed by atoms with Crippen LogP contribution in [0.25, 0.3) is 11.1 Å². The summed E-state index contributed by atoms with van der Waals surface area (Å²) in [5.74, 6) is 1.07. The highest BCUT2D eigenvalue weighted by Gasteiger charge is 2.13. The standard InChI is InChI=1S/C18H21NO3/c20-16-5-3-13(4-6-16)14-10-17(21)12-18(11-14)22-9-7-15-2-1-8-19-15/h3-6,10-12,15,19-21H,1-2,7-9H2. The highest BCUT2D eigenvalue weighted by Crippen LogP contribution is 2.30. The van der Waals surface area contributed by atoms with Gasteiger partial charge in [-0.2, -0.15) is 0 Å². The van der Waals surface area contributed by atoms with Crippen molar-refractivity contribution in [2.24, 2.45) is 0 Å². The van der Waals surface area contributed by atoms with Crippen LogP contribution in [-0.4, -0.2) is 29.4 Å². The van der Waals surface area contributed by atoms with Crippen LogP contribution in [0.2, 0.25) is 0 Å². The van der Waals surface area contributed by atoms with E-state index in [2.05, 4.69) is 5.32 Å². The smallest absolute Gasteiger partial charge is 0.123 e. The molecule has 0 bridgehead atoms. The highest BCUT2D eigenvalue weighted by atomic mass is 16.5. The van der Waals surface area contributed by atoms with Crippen LogP contribution >= 0.6 is 0 Å². The maximum Gasteiger partial charge on any atom is 0.123 e. The second-order valence-electron chi connectivity index (χ2n) is 5.69. The van der Waals surface area contributed by atoms with E-state index in [4.69, 9.17) is 4.74 Å². The van der Waals surface area contributed by atoms with E-state index in [1.807, 2.05) is 18.2 Å². The number of aromatic hydroxyl groups is 2. The van der Waals surface area contributed by atoms with Crippen LogP contribution in [-0.2, 0) is 0 Å². The molecule has 4 heteroatoms. The lowest BCUT2D eigenvalue weighted by Crippen LogP contribution is -2.23. The summed E-state index contributed by atoms with van der Waals surface area (Å²) in [4.78, 5) is 0. The lowest BCUT2D eigenvalue weighted by atomic mass is 10.0. The number of benzene rings is 2. The van der Waals surface area contributed by atoms with Crippen molar-refractivity contribution in [3.05, 3.63) is 42.5 Å². The molecule has 0 spiro atoms. The molecule has 0 amide bonds. The van der Waals surface area contributed by atoms with Gasteiger partial charge in [-0.15, -0.1) is 0 Å². The second-order valence-corrected chi connectivity index (χ2v) is 5.69. The third kappa shape index (κ3) is 3.71. The van der Waals surface area contributed by atoms with E-state index in [0.717, 1.165) is 24.1 Å². The maximum atomic E-state index is 9.88. The van der Waals surface area contributed by atoms with Crippen LogP contribution in [0, 0.1) is 0 Å². The number of phenols is 2. The number of rotatable bonds is 5. The molecule has 1 atom stereocenters. The fourth-order valence-corrected chi connectivity index (χ4v) is 2.81. The van der Waals surface area contributed by atoms with E-state index in [1.54, 1.807) is 24.3 Å². The summed E-state index contributed by atoms with van der Waals surface area (Å²) in [6.07, 6.45) is 3.42. The molecular formula is C18H21NO3. The van der Waals surface area contributed by atoms with Gasteiger partial charge in [0.2, 0.25) is 0 Å². The summed E-state index contributed by atoms with van der Waals surface area (Å²) in [6, 6.07) is 12.7. The van der Waals surface area contributed by atoms with Crippen molar-refractivity contribution in [3.8, 4) is 28.4 Å². The Hall–Kier alpha value is -2.20. The molecule has 2 aromatic rings. The third-order valence-corrected chi connectivity index (χ3v) is 3.99. The summed E-state index contributed by atoms with van der Waals surface area (Å²) in [6.45, 7) is 1.73. The van der Waals surface area contributed by atoms with Crippen molar-refractivity contribution in [1.82, 2.24) is 5.32 Å². The van der Waals surface area contributed by atoms with E-state index in [-0.39, 0.29) is 11.5 Å². The minimum Gasteiger partial charge on any atom is -0.508 e. The van der Waals surface area contributed by atoms with Crippen LogP contribution in [0.4, 0.5) is 0 Å². The Morgan fingerprint density at radius 3 is 2.55 bits per heavy atom. The number of ether oxygens (including phenoxy) is 1.